The lowest BCUT2D eigenvalue weighted by molar-refractivity contribution is 0.618. The summed E-state index contributed by atoms with van der Waals surface area (Å²) in [4.78, 5) is 9.55. The molecule has 0 aromatic carbocycles. The normalized spacial score (nSPS) is 17.8. The molecule has 2 aromatic rings. The maximum atomic E-state index is 5.98. The highest BCUT2D eigenvalue weighted by molar-refractivity contribution is 7.16. The molecule has 0 aliphatic heterocycles. The number of hydrogen-bond acceptors (Lipinski definition) is 4. The Morgan fingerprint density at radius 2 is 1.94 bits per heavy atom. The Bertz CT molecular complexity index is 532. The van der Waals surface area contributed by atoms with Gasteiger partial charge in [-0.15, -0.1) is 11.3 Å². The van der Waals surface area contributed by atoms with Crippen LogP contribution < -0.4 is 5.32 Å². The standard InChI is InChI=1S/C13H16ClN3S/c14-13-16-11(10-7-8-18-12(10)17-13)15-9-5-3-1-2-4-6-9/h7-9H,1-6H2,(H,15,16,17). The molecule has 1 saturated carbocycles. The van der Waals surface area contributed by atoms with Gasteiger partial charge in [-0.1, -0.05) is 25.7 Å². The maximum absolute atomic E-state index is 5.98. The van der Waals surface area contributed by atoms with Crippen LogP contribution in [0.3, 0.4) is 0 Å². The number of halogens is 1. The van der Waals surface area contributed by atoms with E-state index in [4.69, 9.17) is 11.6 Å². The largest absolute Gasteiger partial charge is 0.367 e. The second kappa shape index (κ2) is 5.41. The van der Waals surface area contributed by atoms with E-state index in [-0.39, 0.29) is 0 Å². The smallest absolute Gasteiger partial charge is 0.225 e. The zero-order valence-electron chi connectivity index (χ0n) is 10.2. The van der Waals surface area contributed by atoms with Gasteiger partial charge in [-0.25, -0.2) is 9.97 Å². The molecule has 0 saturated heterocycles. The third-order valence-electron chi connectivity index (χ3n) is 3.49. The van der Waals surface area contributed by atoms with Crippen molar-refractivity contribution in [3.05, 3.63) is 16.7 Å². The van der Waals surface area contributed by atoms with Gasteiger partial charge in [0.1, 0.15) is 10.6 Å². The van der Waals surface area contributed by atoms with Gasteiger partial charge in [0.2, 0.25) is 5.28 Å². The summed E-state index contributed by atoms with van der Waals surface area (Å²) in [5.74, 6) is 0.901. The predicted molar refractivity (Wildman–Crippen MR) is 77.5 cm³/mol. The summed E-state index contributed by atoms with van der Waals surface area (Å²) in [6, 6.07) is 2.59. The fraction of sp³-hybridized carbons (Fsp3) is 0.538. The number of rotatable bonds is 2. The minimum atomic E-state index is 0.334. The van der Waals surface area contributed by atoms with E-state index in [1.54, 1.807) is 11.3 Å². The molecule has 5 heteroatoms. The summed E-state index contributed by atoms with van der Waals surface area (Å²) in [6.45, 7) is 0. The van der Waals surface area contributed by atoms with E-state index in [1.165, 1.54) is 38.5 Å². The van der Waals surface area contributed by atoms with E-state index in [9.17, 15) is 0 Å². The summed E-state index contributed by atoms with van der Waals surface area (Å²) in [7, 11) is 0. The molecular formula is C13H16ClN3S. The van der Waals surface area contributed by atoms with Crippen LogP contribution in [-0.4, -0.2) is 16.0 Å². The Morgan fingerprint density at radius 3 is 2.72 bits per heavy atom. The van der Waals surface area contributed by atoms with Crippen LogP contribution in [0.1, 0.15) is 38.5 Å². The van der Waals surface area contributed by atoms with Crippen LogP contribution in [0.25, 0.3) is 10.2 Å². The molecule has 2 aromatic heterocycles. The van der Waals surface area contributed by atoms with Crippen molar-refractivity contribution in [2.24, 2.45) is 0 Å². The number of nitrogens with zero attached hydrogens (tertiary/aromatic N) is 2. The lowest BCUT2D eigenvalue weighted by Gasteiger charge is -2.17. The first kappa shape index (κ1) is 12.2. The third-order valence-corrected chi connectivity index (χ3v) is 4.47. The molecule has 96 valence electrons. The molecular weight excluding hydrogens is 266 g/mol. The monoisotopic (exact) mass is 281 g/mol. The number of nitrogens with one attached hydrogen (secondary N) is 1. The number of aromatic nitrogens is 2. The van der Waals surface area contributed by atoms with Crippen molar-refractivity contribution in [1.82, 2.24) is 9.97 Å². The molecule has 0 atom stereocenters. The molecule has 2 heterocycles. The van der Waals surface area contributed by atoms with Gasteiger partial charge in [-0.05, 0) is 35.9 Å². The van der Waals surface area contributed by atoms with Gasteiger partial charge in [-0.2, -0.15) is 0 Å². The average molecular weight is 282 g/mol. The molecule has 1 fully saturated rings. The maximum Gasteiger partial charge on any atom is 0.225 e. The molecule has 3 nitrogen and oxygen atoms in total. The summed E-state index contributed by atoms with van der Waals surface area (Å²) in [5.41, 5.74) is 0. The van der Waals surface area contributed by atoms with Crippen molar-refractivity contribution in [2.75, 3.05) is 5.32 Å². The van der Waals surface area contributed by atoms with Gasteiger partial charge in [0, 0.05) is 6.04 Å². The zero-order chi connectivity index (χ0) is 12.4. The Balaban J connectivity index is 1.86. The molecule has 1 N–H and O–H groups in total. The molecule has 0 amide bonds. The molecule has 0 radical (unpaired) electrons. The molecule has 0 unspecified atom stereocenters. The van der Waals surface area contributed by atoms with E-state index < -0.39 is 0 Å². The highest BCUT2D eigenvalue weighted by atomic mass is 35.5. The second-order valence-corrected chi connectivity index (χ2v) is 6.05. The Morgan fingerprint density at radius 1 is 1.17 bits per heavy atom. The number of hydrogen-bond donors (Lipinski definition) is 1. The first-order chi connectivity index (χ1) is 8.83. The van der Waals surface area contributed by atoms with E-state index >= 15 is 0 Å². The minimum absolute atomic E-state index is 0.334. The van der Waals surface area contributed by atoms with Crippen molar-refractivity contribution in [3.8, 4) is 0 Å². The Labute approximate surface area is 116 Å². The van der Waals surface area contributed by atoms with Gasteiger partial charge in [0.25, 0.3) is 0 Å². The summed E-state index contributed by atoms with van der Waals surface area (Å²) < 4.78 is 0. The SMILES string of the molecule is Clc1nc(NC2CCCCCC2)c2ccsc2n1. The first-order valence-electron chi connectivity index (χ1n) is 6.50. The van der Waals surface area contributed by atoms with Crippen LogP contribution in [-0.2, 0) is 0 Å². The van der Waals surface area contributed by atoms with Crippen molar-refractivity contribution < 1.29 is 0 Å². The molecule has 18 heavy (non-hydrogen) atoms. The zero-order valence-corrected chi connectivity index (χ0v) is 11.7. The molecule has 0 spiro atoms. The fourth-order valence-electron chi connectivity index (χ4n) is 2.56. The number of fused-ring (bicyclic) bond motifs is 1. The lowest BCUT2D eigenvalue weighted by Crippen LogP contribution is -2.19. The van der Waals surface area contributed by atoms with Crippen molar-refractivity contribution in [1.29, 1.82) is 0 Å². The Hall–Kier alpha value is -0.870. The summed E-state index contributed by atoms with van der Waals surface area (Å²) in [5, 5.41) is 7.02. The summed E-state index contributed by atoms with van der Waals surface area (Å²) >= 11 is 7.58. The van der Waals surface area contributed by atoms with Gasteiger partial charge in [-0.3, -0.25) is 0 Å². The molecule has 1 aliphatic rings. The quantitative estimate of drug-likeness (QED) is 0.651. The van der Waals surface area contributed by atoms with Crippen LogP contribution in [0.5, 0.6) is 0 Å². The van der Waals surface area contributed by atoms with E-state index in [2.05, 4.69) is 21.4 Å². The van der Waals surface area contributed by atoms with Gasteiger partial charge >= 0.3 is 0 Å². The second-order valence-electron chi connectivity index (χ2n) is 4.81. The number of anilines is 1. The molecule has 1 aliphatic carbocycles. The average Bonchev–Trinajstić information content (AvgIpc) is 2.66. The van der Waals surface area contributed by atoms with Crippen molar-refractivity contribution in [3.63, 3.8) is 0 Å². The van der Waals surface area contributed by atoms with Gasteiger partial charge in [0.15, 0.2) is 0 Å². The van der Waals surface area contributed by atoms with Crippen LogP contribution >= 0.6 is 22.9 Å². The van der Waals surface area contributed by atoms with Crippen LogP contribution in [0.2, 0.25) is 5.28 Å². The van der Waals surface area contributed by atoms with E-state index in [1.807, 2.05) is 5.38 Å². The predicted octanol–water partition coefficient (Wildman–Crippen LogP) is 4.48. The molecule has 3 rings (SSSR count). The first-order valence-corrected chi connectivity index (χ1v) is 7.76. The molecule has 0 bridgehead atoms. The van der Waals surface area contributed by atoms with Crippen LogP contribution in [0.15, 0.2) is 11.4 Å². The topological polar surface area (TPSA) is 37.8 Å². The fourth-order valence-corrected chi connectivity index (χ4v) is 3.54. The van der Waals surface area contributed by atoms with Crippen LogP contribution in [0, 0.1) is 0 Å². The Kier molecular flexibility index (Phi) is 3.66. The third kappa shape index (κ3) is 2.59. The van der Waals surface area contributed by atoms with Crippen molar-refractivity contribution in [2.45, 2.75) is 44.6 Å². The highest BCUT2D eigenvalue weighted by Gasteiger charge is 2.15. The van der Waals surface area contributed by atoms with Crippen LogP contribution in [0.4, 0.5) is 5.82 Å². The lowest BCUT2D eigenvalue weighted by atomic mass is 10.1. The highest BCUT2D eigenvalue weighted by Crippen LogP contribution is 2.28. The van der Waals surface area contributed by atoms with E-state index in [0.717, 1.165) is 16.0 Å². The van der Waals surface area contributed by atoms with E-state index in [0.29, 0.717) is 11.3 Å². The van der Waals surface area contributed by atoms with Crippen molar-refractivity contribution >= 4 is 39.0 Å². The number of thiophene rings is 1. The van der Waals surface area contributed by atoms with Gasteiger partial charge in [0.05, 0.1) is 5.39 Å². The van der Waals surface area contributed by atoms with Gasteiger partial charge < -0.3 is 5.32 Å². The minimum Gasteiger partial charge on any atom is -0.367 e. The summed E-state index contributed by atoms with van der Waals surface area (Å²) in [6.07, 6.45) is 7.79.